The zero-order chi connectivity index (χ0) is 12.1. The minimum Gasteiger partial charge on any atom is -0.361 e. The Hall–Kier alpha value is -1.39. The maximum atomic E-state index is 5.46. The lowest BCUT2D eigenvalue weighted by Gasteiger charge is -1.99. The lowest BCUT2D eigenvalue weighted by atomic mass is 10.1. The third-order valence-electron chi connectivity index (χ3n) is 2.50. The summed E-state index contributed by atoms with van der Waals surface area (Å²) in [4.78, 5) is 5.86. The van der Waals surface area contributed by atoms with Crippen LogP contribution in [-0.2, 0) is 0 Å². The Labute approximate surface area is 106 Å². The van der Waals surface area contributed by atoms with E-state index in [0.717, 1.165) is 23.8 Å². The van der Waals surface area contributed by atoms with Crippen molar-refractivity contribution in [3.8, 4) is 11.3 Å². The van der Waals surface area contributed by atoms with Gasteiger partial charge >= 0.3 is 0 Å². The van der Waals surface area contributed by atoms with Crippen molar-refractivity contribution in [1.82, 2.24) is 4.98 Å². The molecule has 0 radical (unpaired) electrons. The quantitative estimate of drug-likeness (QED) is 0.799. The van der Waals surface area contributed by atoms with E-state index in [1.54, 1.807) is 11.3 Å². The fourth-order valence-electron chi connectivity index (χ4n) is 1.63. The van der Waals surface area contributed by atoms with E-state index < -0.39 is 0 Å². The minimum absolute atomic E-state index is 0.711. The molecular weight excluding hydrogens is 230 g/mol. The standard InChI is InChI=1S/C13H17N3S/c1-10-12(11-6-3-2-4-7-11)16-13(17-10)15-9-5-8-14/h2-4,6-7H,5,8-9,14H2,1H3,(H,15,16). The molecule has 1 heterocycles. The lowest BCUT2D eigenvalue weighted by molar-refractivity contribution is 0.873. The third-order valence-corrected chi connectivity index (χ3v) is 3.43. The Morgan fingerprint density at radius 2 is 2.06 bits per heavy atom. The molecule has 0 amide bonds. The largest absolute Gasteiger partial charge is 0.361 e. The topological polar surface area (TPSA) is 50.9 Å². The smallest absolute Gasteiger partial charge is 0.183 e. The predicted molar refractivity (Wildman–Crippen MR) is 74.4 cm³/mol. The zero-order valence-corrected chi connectivity index (χ0v) is 10.8. The van der Waals surface area contributed by atoms with Crippen molar-refractivity contribution < 1.29 is 0 Å². The number of aromatic nitrogens is 1. The van der Waals surface area contributed by atoms with Crippen LogP contribution in [0.2, 0.25) is 0 Å². The van der Waals surface area contributed by atoms with Crippen LogP contribution in [-0.4, -0.2) is 18.1 Å². The molecule has 0 bridgehead atoms. The summed E-state index contributed by atoms with van der Waals surface area (Å²) in [5, 5.41) is 4.29. The molecule has 0 unspecified atom stereocenters. The molecule has 0 spiro atoms. The van der Waals surface area contributed by atoms with Gasteiger partial charge in [0.25, 0.3) is 0 Å². The number of thiazole rings is 1. The van der Waals surface area contributed by atoms with E-state index >= 15 is 0 Å². The molecule has 2 aromatic rings. The van der Waals surface area contributed by atoms with Crippen LogP contribution in [0.1, 0.15) is 11.3 Å². The highest BCUT2D eigenvalue weighted by atomic mass is 32.1. The van der Waals surface area contributed by atoms with Gasteiger partial charge in [-0.05, 0) is 19.9 Å². The number of hydrogen-bond donors (Lipinski definition) is 2. The normalized spacial score (nSPS) is 10.5. The van der Waals surface area contributed by atoms with Crippen LogP contribution in [0.5, 0.6) is 0 Å². The van der Waals surface area contributed by atoms with Crippen LogP contribution >= 0.6 is 11.3 Å². The van der Waals surface area contributed by atoms with Crippen molar-refractivity contribution >= 4 is 16.5 Å². The van der Waals surface area contributed by atoms with Crippen molar-refractivity contribution in [3.05, 3.63) is 35.2 Å². The molecule has 1 aromatic carbocycles. The highest BCUT2D eigenvalue weighted by molar-refractivity contribution is 7.16. The SMILES string of the molecule is Cc1sc(NCCCN)nc1-c1ccccc1. The van der Waals surface area contributed by atoms with E-state index in [1.807, 2.05) is 18.2 Å². The van der Waals surface area contributed by atoms with Crippen molar-refractivity contribution in [3.63, 3.8) is 0 Å². The number of nitrogens with zero attached hydrogens (tertiary/aromatic N) is 1. The molecule has 0 saturated carbocycles. The van der Waals surface area contributed by atoms with Crippen LogP contribution in [0.25, 0.3) is 11.3 Å². The lowest BCUT2D eigenvalue weighted by Crippen LogP contribution is -2.08. The molecule has 3 N–H and O–H groups in total. The third kappa shape index (κ3) is 3.05. The minimum atomic E-state index is 0.711. The second-order valence-electron chi connectivity index (χ2n) is 3.86. The molecular formula is C13H17N3S. The molecule has 0 saturated heterocycles. The fourth-order valence-corrected chi connectivity index (χ4v) is 2.49. The van der Waals surface area contributed by atoms with Gasteiger partial charge in [0.2, 0.25) is 0 Å². The summed E-state index contributed by atoms with van der Waals surface area (Å²) in [6, 6.07) is 10.3. The predicted octanol–water partition coefficient (Wildman–Crippen LogP) is 2.88. The van der Waals surface area contributed by atoms with Gasteiger partial charge in [0.05, 0.1) is 5.69 Å². The van der Waals surface area contributed by atoms with Gasteiger partial charge in [-0.25, -0.2) is 4.98 Å². The monoisotopic (exact) mass is 247 g/mol. The molecule has 0 aliphatic rings. The first-order chi connectivity index (χ1) is 8.31. The van der Waals surface area contributed by atoms with Crippen molar-refractivity contribution in [2.75, 3.05) is 18.4 Å². The molecule has 90 valence electrons. The Bertz CT molecular complexity index is 465. The van der Waals surface area contributed by atoms with Gasteiger partial charge < -0.3 is 11.1 Å². The fraction of sp³-hybridized carbons (Fsp3) is 0.308. The molecule has 2 rings (SSSR count). The first-order valence-corrected chi connectivity index (χ1v) is 6.59. The van der Waals surface area contributed by atoms with Crippen LogP contribution in [0, 0.1) is 6.92 Å². The Kier molecular flexibility index (Phi) is 4.12. The summed E-state index contributed by atoms with van der Waals surface area (Å²) in [7, 11) is 0. The average Bonchev–Trinajstić information content (AvgIpc) is 2.72. The van der Waals surface area contributed by atoms with Gasteiger partial charge in [0.1, 0.15) is 0 Å². The van der Waals surface area contributed by atoms with E-state index in [1.165, 1.54) is 10.4 Å². The molecule has 0 aliphatic carbocycles. The Morgan fingerprint density at radius 1 is 1.29 bits per heavy atom. The molecule has 0 aliphatic heterocycles. The van der Waals surface area contributed by atoms with E-state index in [-0.39, 0.29) is 0 Å². The summed E-state index contributed by atoms with van der Waals surface area (Å²) in [5.41, 5.74) is 7.71. The highest BCUT2D eigenvalue weighted by Crippen LogP contribution is 2.29. The van der Waals surface area contributed by atoms with Gasteiger partial charge in [-0.2, -0.15) is 0 Å². The van der Waals surface area contributed by atoms with Gasteiger partial charge in [-0.3, -0.25) is 0 Å². The summed E-state index contributed by atoms with van der Waals surface area (Å²) in [6.07, 6.45) is 0.972. The summed E-state index contributed by atoms with van der Waals surface area (Å²) < 4.78 is 0. The number of aryl methyl sites for hydroxylation is 1. The Balaban J connectivity index is 2.14. The van der Waals surface area contributed by atoms with Crippen molar-refractivity contribution in [1.29, 1.82) is 0 Å². The molecule has 17 heavy (non-hydrogen) atoms. The maximum Gasteiger partial charge on any atom is 0.183 e. The average molecular weight is 247 g/mol. The first-order valence-electron chi connectivity index (χ1n) is 5.78. The second kappa shape index (κ2) is 5.80. The Morgan fingerprint density at radius 3 is 2.76 bits per heavy atom. The van der Waals surface area contributed by atoms with Crippen LogP contribution in [0.15, 0.2) is 30.3 Å². The number of anilines is 1. The summed E-state index contributed by atoms with van der Waals surface area (Å²) in [5.74, 6) is 0. The van der Waals surface area contributed by atoms with Gasteiger partial charge in [0, 0.05) is 17.0 Å². The number of rotatable bonds is 5. The molecule has 4 heteroatoms. The second-order valence-corrected chi connectivity index (χ2v) is 5.06. The van der Waals surface area contributed by atoms with E-state index in [2.05, 4.69) is 29.4 Å². The van der Waals surface area contributed by atoms with Gasteiger partial charge in [-0.1, -0.05) is 30.3 Å². The first kappa shape index (κ1) is 12.1. The number of nitrogens with two attached hydrogens (primary N) is 1. The highest BCUT2D eigenvalue weighted by Gasteiger charge is 2.08. The number of hydrogen-bond acceptors (Lipinski definition) is 4. The van der Waals surface area contributed by atoms with E-state index in [0.29, 0.717) is 6.54 Å². The summed E-state index contributed by atoms with van der Waals surface area (Å²) in [6.45, 7) is 3.70. The number of nitrogens with one attached hydrogen (secondary N) is 1. The van der Waals surface area contributed by atoms with Crippen LogP contribution in [0.4, 0.5) is 5.13 Å². The van der Waals surface area contributed by atoms with E-state index in [4.69, 9.17) is 5.73 Å². The molecule has 0 fully saturated rings. The van der Waals surface area contributed by atoms with E-state index in [9.17, 15) is 0 Å². The van der Waals surface area contributed by atoms with Crippen LogP contribution < -0.4 is 11.1 Å². The van der Waals surface area contributed by atoms with Crippen molar-refractivity contribution in [2.45, 2.75) is 13.3 Å². The van der Waals surface area contributed by atoms with Crippen LogP contribution in [0.3, 0.4) is 0 Å². The molecule has 1 aromatic heterocycles. The summed E-state index contributed by atoms with van der Waals surface area (Å²) >= 11 is 1.70. The van der Waals surface area contributed by atoms with Crippen molar-refractivity contribution in [2.24, 2.45) is 5.73 Å². The molecule has 0 atom stereocenters. The van der Waals surface area contributed by atoms with Gasteiger partial charge in [-0.15, -0.1) is 11.3 Å². The van der Waals surface area contributed by atoms with Gasteiger partial charge in [0.15, 0.2) is 5.13 Å². The zero-order valence-electron chi connectivity index (χ0n) is 9.94. The maximum absolute atomic E-state index is 5.46. The number of benzene rings is 1. The molecule has 3 nitrogen and oxygen atoms in total.